The van der Waals surface area contributed by atoms with Gasteiger partial charge in [-0.05, 0) is 31.1 Å². The molecule has 2 aliphatic rings. The highest BCUT2D eigenvalue weighted by atomic mass is 16.4. The predicted octanol–water partition coefficient (Wildman–Crippen LogP) is 1.37. The molecule has 13 heavy (non-hydrogen) atoms. The number of hydrogen-bond acceptors (Lipinski definition) is 2. The van der Waals surface area contributed by atoms with E-state index < -0.39 is 11.5 Å². The van der Waals surface area contributed by atoms with Crippen LogP contribution in [-0.2, 0) is 4.79 Å². The Morgan fingerprint density at radius 3 is 2.31 bits per heavy atom. The van der Waals surface area contributed by atoms with E-state index in [1.807, 2.05) is 0 Å². The molecule has 0 radical (unpaired) electrons. The first kappa shape index (κ1) is 9.00. The molecule has 1 unspecified atom stereocenters. The highest BCUT2D eigenvalue weighted by Crippen LogP contribution is 2.43. The second-order valence-corrected chi connectivity index (χ2v) is 4.77. The fourth-order valence-corrected chi connectivity index (χ4v) is 3.06. The van der Waals surface area contributed by atoms with Gasteiger partial charge in [-0.3, -0.25) is 4.79 Å². The lowest BCUT2D eigenvalue weighted by Crippen LogP contribution is -2.54. The number of carboxylic acid groups (broad SMARTS) is 1. The summed E-state index contributed by atoms with van der Waals surface area (Å²) < 4.78 is 0. The molecule has 3 nitrogen and oxygen atoms in total. The molecule has 2 rings (SSSR count). The summed E-state index contributed by atoms with van der Waals surface area (Å²) in [6.07, 6.45) is 6.24. The molecule has 3 N–H and O–H groups in total. The Kier molecular flexibility index (Phi) is 2.06. The van der Waals surface area contributed by atoms with Gasteiger partial charge in [0.2, 0.25) is 0 Å². The van der Waals surface area contributed by atoms with Gasteiger partial charge in [-0.25, -0.2) is 0 Å². The van der Waals surface area contributed by atoms with Crippen molar-refractivity contribution in [1.29, 1.82) is 0 Å². The molecule has 0 amide bonds. The average molecular weight is 183 g/mol. The van der Waals surface area contributed by atoms with Crippen LogP contribution in [0.25, 0.3) is 0 Å². The summed E-state index contributed by atoms with van der Waals surface area (Å²) in [7, 11) is 0. The van der Waals surface area contributed by atoms with Crippen LogP contribution in [-0.4, -0.2) is 16.6 Å². The van der Waals surface area contributed by atoms with Crippen LogP contribution in [0, 0.1) is 11.8 Å². The first-order valence-corrected chi connectivity index (χ1v) is 5.12. The minimum Gasteiger partial charge on any atom is -0.480 e. The van der Waals surface area contributed by atoms with E-state index in [2.05, 4.69) is 0 Å². The summed E-state index contributed by atoms with van der Waals surface area (Å²) in [4.78, 5) is 11.0. The summed E-state index contributed by atoms with van der Waals surface area (Å²) >= 11 is 0. The van der Waals surface area contributed by atoms with Crippen LogP contribution in [0.15, 0.2) is 0 Å². The molecular weight excluding hydrogens is 166 g/mol. The van der Waals surface area contributed by atoms with Gasteiger partial charge >= 0.3 is 5.97 Å². The van der Waals surface area contributed by atoms with Gasteiger partial charge in [0.1, 0.15) is 5.54 Å². The molecule has 3 atom stereocenters. The Morgan fingerprint density at radius 1 is 1.31 bits per heavy atom. The van der Waals surface area contributed by atoms with Crippen molar-refractivity contribution in [3.05, 3.63) is 0 Å². The van der Waals surface area contributed by atoms with Crippen LogP contribution in [0.5, 0.6) is 0 Å². The van der Waals surface area contributed by atoms with Crippen molar-refractivity contribution in [3.63, 3.8) is 0 Å². The number of hydrogen-bond donors (Lipinski definition) is 2. The molecule has 2 saturated carbocycles. The third kappa shape index (κ3) is 1.57. The Balaban J connectivity index is 2.13. The fraction of sp³-hybridized carbons (Fsp3) is 0.900. The molecule has 0 heterocycles. The van der Waals surface area contributed by atoms with Gasteiger partial charge in [-0.15, -0.1) is 0 Å². The van der Waals surface area contributed by atoms with Crippen molar-refractivity contribution < 1.29 is 9.90 Å². The average Bonchev–Trinajstić information content (AvgIpc) is 2.02. The number of carbonyl (C=O) groups is 1. The van der Waals surface area contributed by atoms with Crippen LogP contribution < -0.4 is 5.73 Å². The largest absolute Gasteiger partial charge is 0.480 e. The second-order valence-electron chi connectivity index (χ2n) is 4.77. The third-order valence-electron chi connectivity index (χ3n) is 3.62. The quantitative estimate of drug-likeness (QED) is 0.645. The van der Waals surface area contributed by atoms with Crippen LogP contribution in [0.3, 0.4) is 0 Å². The van der Waals surface area contributed by atoms with Gasteiger partial charge in [-0.1, -0.05) is 19.3 Å². The first-order valence-electron chi connectivity index (χ1n) is 5.12. The topological polar surface area (TPSA) is 63.3 Å². The molecule has 3 heteroatoms. The van der Waals surface area contributed by atoms with Crippen molar-refractivity contribution in [3.8, 4) is 0 Å². The van der Waals surface area contributed by atoms with Crippen molar-refractivity contribution >= 4 is 5.97 Å². The number of nitrogens with two attached hydrogens (primary N) is 1. The minimum atomic E-state index is -0.909. The Morgan fingerprint density at radius 2 is 1.85 bits per heavy atom. The smallest absolute Gasteiger partial charge is 0.323 e. The monoisotopic (exact) mass is 183 g/mol. The van der Waals surface area contributed by atoms with Crippen molar-refractivity contribution in [2.45, 2.75) is 44.1 Å². The molecular formula is C10H17NO2. The molecule has 74 valence electrons. The standard InChI is InChI=1S/C10H17NO2/c11-10(9(12)13)5-7-2-1-3-8(4-7)6-10/h7-8H,1-6,11H2,(H,12,13)/t7-,8+,10?. The SMILES string of the molecule is NC1(C(=O)O)C[C@@H]2CCC[C@@H](C2)C1. The molecule has 2 bridgehead atoms. The number of rotatable bonds is 1. The highest BCUT2D eigenvalue weighted by molar-refractivity contribution is 5.78. The van der Waals surface area contributed by atoms with E-state index in [-0.39, 0.29) is 0 Å². The maximum atomic E-state index is 11.0. The summed E-state index contributed by atoms with van der Waals surface area (Å²) in [6.45, 7) is 0. The van der Waals surface area contributed by atoms with Gasteiger partial charge in [0.25, 0.3) is 0 Å². The summed E-state index contributed by atoms with van der Waals surface area (Å²) in [6, 6.07) is 0. The van der Waals surface area contributed by atoms with E-state index in [1.165, 1.54) is 25.7 Å². The zero-order chi connectivity index (χ0) is 9.47. The maximum Gasteiger partial charge on any atom is 0.323 e. The van der Waals surface area contributed by atoms with Crippen LogP contribution in [0.1, 0.15) is 38.5 Å². The van der Waals surface area contributed by atoms with Crippen LogP contribution in [0.2, 0.25) is 0 Å². The molecule has 2 aliphatic carbocycles. The number of aliphatic carboxylic acids is 1. The molecule has 0 spiro atoms. The van der Waals surface area contributed by atoms with E-state index in [4.69, 9.17) is 10.8 Å². The lowest BCUT2D eigenvalue weighted by molar-refractivity contribution is -0.146. The van der Waals surface area contributed by atoms with Gasteiger partial charge in [-0.2, -0.15) is 0 Å². The van der Waals surface area contributed by atoms with E-state index in [0.29, 0.717) is 24.7 Å². The highest BCUT2D eigenvalue weighted by Gasteiger charge is 2.44. The van der Waals surface area contributed by atoms with Crippen LogP contribution in [0.4, 0.5) is 0 Å². The predicted molar refractivity (Wildman–Crippen MR) is 49.2 cm³/mol. The molecule has 0 aromatic heterocycles. The number of carboxylic acids is 1. The summed E-state index contributed by atoms with van der Waals surface area (Å²) in [5.41, 5.74) is 4.98. The van der Waals surface area contributed by atoms with Crippen molar-refractivity contribution in [2.75, 3.05) is 0 Å². The van der Waals surface area contributed by atoms with Crippen molar-refractivity contribution in [2.24, 2.45) is 17.6 Å². The van der Waals surface area contributed by atoms with E-state index >= 15 is 0 Å². The zero-order valence-electron chi connectivity index (χ0n) is 7.83. The van der Waals surface area contributed by atoms with E-state index in [0.717, 1.165) is 0 Å². The van der Waals surface area contributed by atoms with Gasteiger partial charge < -0.3 is 10.8 Å². The second kappa shape index (κ2) is 2.98. The van der Waals surface area contributed by atoms with Gasteiger partial charge in [0.15, 0.2) is 0 Å². The van der Waals surface area contributed by atoms with Gasteiger partial charge in [0.05, 0.1) is 0 Å². The molecule has 0 aliphatic heterocycles. The summed E-state index contributed by atoms with van der Waals surface area (Å²) in [5.74, 6) is 0.353. The summed E-state index contributed by atoms with van der Waals surface area (Å²) in [5, 5.41) is 9.03. The number of fused-ring (bicyclic) bond motifs is 2. The lowest BCUT2D eigenvalue weighted by Gasteiger charge is -2.42. The zero-order valence-corrected chi connectivity index (χ0v) is 7.83. The Labute approximate surface area is 78.3 Å². The van der Waals surface area contributed by atoms with E-state index in [1.54, 1.807) is 0 Å². The fourth-order valence-electron chi connectivity index (χ4n) is 3.06. The molecule has 0 saturated heterocycles. The van der Waals surface area contributed by atoms with Crippen molar-refractivity contribution in [1.82, 2.24) is 0 Å². The molecule has 0 aromatic carbocycles. The third-order valence-corrected chi connectivity index (χ3v) is 3.62. The van der Waals surface area contributed by atoms with Crippen LogP contribution >= 0.6 is 0 Å². The Bertz CT molecular complexity index is 215. The van der Waals surface area contributed by atoms with Gasteiger partial charge in [0, 0.05) is 0 Å². The first-order chi connectivity index (χ1) is 6.10. The molecule has 2 fully saturated rings. The minimum absolute atomic E-state index is 0.577. The Hall–Kier alpha value is -0.570. The van der Waals surface area contributed by atoms with E-state index in [9.17, 15) is 4.79 Å². The molecule has 0 aromatic rings. The maximum absolute atomic E-state index is 11.0. The lowest BCUT2D eigenvalue weighted by atomic mass is 9.65. The normalized spacial score (nSPS) is 44.4.